The van der Waals surface area contributed by atoms with E-state index in [-0.39, 0.29) is 11.4 Å². The van der Waals surface area contributed by atoms with Crippen LogP contribution in [0.4, 0.5) is 4.39 Å². The van der Waals surface area contributed by atoms with Crippen molar-refractivity contribution in [2.24, 2.45) is 7.05 Å². The molecule has 17 heavy (non-hydrogen) atoms. The normalized spacial score (nSPS) is 12.1. The molecular weight excluding hydrogens is 217 g/mol. The first kappa shape index (κ1) is 12.0. The lowest BCUT2D eigenvalue weighted by Gasteiger charge is -2.21. The quantitative estimate of drug-likeness (QED) is 0.733. The zero-order chi connectivity index (χ0) is 12.8. The van der Waals surface area contributed by atoms with Crippen LogP contribution in [0.1, 0.15) is 26.5 Å². The summed E-state index contributed by atoms with van der Waals surface area (Å²) in [5, 5.41) is 0.879. The number of rotatable bonds is 1. The molecule has 0 radical (unpaired) electrons. The van der Waals surface area contributed by atoms with Crippen LogP contribution < -0.4 is 4.74 Å². The molecule has 0 fully saturated rings. The Balaban J connectivity index is 2.56. The van der Waals surface area contributed by atoms with E-state index < -0.39 is 0 Å². The maximum Gasteiger partial charge on any atom is 0.151 e. The third-order valence-corrected chi connectivity index (χ3v) is 2.72. The Morgan fingerprint density at radius 1 is 1.18 bits per heavy atom. The van der Waals surface area contributed by atoms with Crippen molar-refractivity contribution >= 4 is 10.9 Å². The summed E-state index contributed by atoms with van der Waals surface area (Å²) in [6.07, 6.45) is 0. The fourth-order valence-electron chi connectivity index (χ4n) is 1.97. The first-order valence-corrected chi connectivity index (χ1v) is 5.72. The molecule has 1 heterocycles. The Morgan fingerprint density at radius 3 is 2.41 bits per heavy atom. The highest BCUT2D eigenvalue weighted by atomic mass is 19.1. The molecule has 0 atom stereocenters. The number of aromatic nitrogens is 1. The average Bonchev–Trinajstić information content (AvgIpc) is 2.39. The van der Waals surface area contributed by atoms with Crippen molar-refractivity contribution in [3.05, 3.63) is 29.7 Å². The van der Waals surface area contributed by atoms with Crippen molar-refractivity contribution in [3.8, 4) is 5.75 Å². The maximum atomic E-state index is 14.0. The molecule has 1 aromatic carbocycles. The van der Waals surface area contributed by atoms with Crippen molar-refractivity contribution < 1.29 is 9.13 Å². The van der Waals surface area contributed by atoms with Crippen molar-refractivity contribution in [1.29, 1.82) is 0 Å². The Labute approximate surface area is 101 Å². The van der Waals surface area contributed by atoms with Gasteiger partial charge < -0.3 is 9.30 Å². The second-order valence-corrected chi connectivity index (χ2v) is 5.40. The van der Waals surface area contributed by atoms with Gasteiger partial charge in [0.25, 0.3) is 0 Å². The molecule has 0 saturated carbocycles. The molecule has 0 aliphatic heterocycles. The van der Waals surface area contributed by atoms with Gasteiger partial charge in [-0.15, -0.1) is 0 Å². The van der Waals surface area contributed by atoms with Gasteiger partial charge in [0.2, 0.25) is 0 Å². The first-order valence-electron chi connectivity index (χ1n) is 5.72. The average molecular weight is 235 g/mol. The van der Waals surface area contributed by atoms with Gasteiger partial charge in [-0.3, -0.25) is 0 Å². The standard InChI is InChI=1S/C14H18FNO/c1-9-6-10-7-11(17-14(2,3)4)8-12(15)13(10)16(9)5/h6-8H,1-5H3. The van der Waals surface area contributed by atoms with Gasteiger partial charge >= 0.3 is 0 Å². The van der Waals surface area contributed by atoms with Gasteiger partial charge in [0.15, 0.2) is 5.82 Å². The SMILES string of the molecule is Cc1cc2cc(OC(C)(C)C)cc(F)c2n1C. The molecule has 0 spiro atoms. The van der Waals surface area contributed by atoms with E-state index in [0.29, 0.717) is 11.3 Å². The molecule has 92 valence electrons. The van der Waals surface area contributed by atoms with Gasteiger partial charge in [0.1, 0.15) is 11.4 Å². The zero-order valence-corrected chi connectivity index (χ0v) is 11.0. The lowest BCUT2D eigenvalue weighted by molar-refractivity contribution is 0.130. The fraction of sp³-hybridized carbons (Fsp3) is 0.429. The van der Waals surface area contributed by atoms with E-state index >= 15 is 0 Å². The summed E-state index contributed by atoms with van der Waals surface area (Å²) in [5.41, 5.74) is 1.35. The summed E-state index contributed by atoms with van der Waals surface area (Å²) in [5.74, 6) is 0.338. The van der Waals surface area contributed by atoms with Crippen molar-refractivity contribution in [3.63, 3.8) is 0 Å². The third-order valence-electron chi connectivity index (χ3n) is 2.72. The molecule has 0 aliphatic rings. The van der Waals surface area contributed by atoms with E-state index in [1.807, 2.05) is 51.4 Å². The molecule has 3 heteroatoms. The second-order valence-electron chi connectivity index (χ2n) is 5.40. The van der Waals surface area contributed by atoms with E-state index in [0.717, 1.165) is 11.1 Å². The Hall–Kier alpha value is -1.51. The van der Waals surface area contributed by atoms with Crippen LogP contribution in [0.5, 0.6) is 5.75 Å². The van der Waals surface area contributed by atoms with Gasteiger partial charge in [-0.05, 0) is 39.8 Å². The van der Waals surface area contributed by atoms with Crippen LogP contribution in [-0.2, 0) is 7.05 Å². The number of ether oxygens (including phenoxy) is 1. The number of hydrogen-bond donors (Lipinski definition) is 0. The van der Waals surface area contributed by atoms with Crippen LogP contribution >= 0.6 is 0 Å². The maximum absolute atomic E-state index is 14.0. The topological polar surface area (TPSA) is 14.2 Å². The molecular formula is C14H18FNO. The molecule has 0 unspecified atom stereocenters. The minimum absolute atomic E-state index is 0.239. The summed E-state index contributed by atoms with van der Waals surface area (Å²) < 4.78 is 21.5. The number of halogens is 1. The fourth-order valence-corrected chi connectivity index (χ4v) is 1.97. The monoisotopic (exact) mass is 235 g/mol. The zero-order valence-electron chi connectivity index (χ0n) is 11.0. The molecule has 0 bridgehead atoms. The molecule has 2 nitrogen and oxygen atoms in total. The summed E-state index contributed by atoms with van der Waals surface area (Å²) in [6, 6.07) is 5.30. The van der Waals surface area contributed by atoms with Crippen LogP contribution in [0, 0.1) is 12.7 Å². The smallest absolute Gasteiger partial charge is 0.151 e. The lowest BCUT2D eigenvalue weighted by atomic mass is 10.2. The molecule has 0 aliphatic carbocycles. The van der Waals surface area contributed by atoms with E-state index in [4.69, 9.17) is 4.74 Å². The minimum Gasteiger partial charge on any atom is -0.488 e. The van der Waals surface area contributed by atoms with E-state index in [2.05, 4.69) is 0 Å². The predicted octanol–water partition coefficient (Wildman–Crippen LogP) is 3.80. The number of nitrogens with zero attached hydrogens (tertiary/aromatic N) is 1. The van der Waals surface area contributed by atoms with E-state index in [1.165, 1.54) is 6.07 Å². The molecule has 0 saturated heterocycles. The number of aryl methyl sites for hydroxylation is 2. The van der Waals surface area contributed by atoms with Gasteiger partial charge in [-0.2, -0.15) is 0 Å². The molecule has 2 rings (SSSR count). The summed E-state index contributed by atoms with van der Waals surface area (Å²) in [4.78, 5) is 0. The third kappa shape index (κ3) is 2.28. The van der Waals surface area contributed by atoms with Gasteiger partial charge in [0.05, 0.1) is 5.52 Å². The summed E-state index contributed by atoms with van der Waals surface area (Å²) in [6.45, 7) is 7.81. The highest BCUT2D eigenvalue weighted by Gasteiger charge is 2.15. The van der Waals surface area contributed by atoms with Crippen molar-refractivity contribution in [2.75, 3.05) is 0 Å². The minimum atomic E-state index is -0.316. The second kappa shape index (κ2) is 3.76. The van der Waals surface area contributed by atoms with Gasteiger partial charge in [0, 0.05) is 24.2 Å². The van der Waals surface area contributed by atoms with Gasteiger partial charge in [-0.1, -0.05) is 0 Å². The van der Waals surface area contributed by atoms with E-state index in [1.54, 1.807) is 0 Å². The van der Waals surface area contributed by atoms with Crippen LogP contribution in [-0.4, -0.2) is 10.2 Å². The highest BCUT2D eigenvalue weighted by molar-refractivity contribution is 5.83. The summed E-state index contributed by atoms with van der Waals surface area (Å²) >= 11 is 0. The lowest BCUT2D eigenvalue weighted by Crippen LogP contribution is -2.22. The Morgan fingerprint density at radius 2 is 1.82 bits per heavy atom. The summed E-state index contributed by atoms with van der Waals surface area (Å²) in [7, 11) is 1.87. The number of benzene rings is 1. The van der Waals surface area contributed by atoms with Crippen LogP contribution in [0.3, 0.4) is 0 Å². The van der Waals surface area contributed by atoms with Crippen LogP contribution in [0.15, 0.2) is 18.2 Å². The Bertz CT molecular complexity index is 564. The molecule has 0 amide bonds. The van der Waals surface area contributed by atoms with Gasteiger partial charge in [-0.25, -0.2) is 4.39 Å². The predicted molar refractivity (Wildman–Crippen MR) is 68.0 cm³/mol. The first-order chi connectivity index (χ1) is 7.78. The largest absolute Gasteiger partial charge is 0.488 e. The van der Waals surface area contributed by atoms with Crippen LogP contribution in [0.25, 0.3) is 10.9 Å². The van der Waals surface area contributed by atoms with Crippen LogP contribution in [0.2, 0.25) is 0 Å². The van der Waals surface area contributed by atoms with Crippen molar-refractivity contribution in [1.82, 2.24) is 4.57 Å². The highest BCUT2D eigenvalue weighted by Crippen LogP contribution is 2.28. The van der Waals surface area contributed by atoms with E-state index in [9.17, 15) is 4.39 Å². The Kier molecular flexibility index (Phi) is 2.64. The molecule has 1 aromatic heterocycles. The number of fused-ring (bicyclic) bond motifs is 1. The number of hydrogen-bond acceptors (Lipinski definition) is 1. The molecule has 2 aromatic rings. The molecule has 0 N–H and O–H groups in total. The van der Waals surface area contributed by atoms with Crippen molar-refractivity contribution in [2.45, 2.75) is 33.3 Å².